The number of aromatic nitrogens is 2. The van der Waals surface area contributed by atoms with Gasteiger partial charge in [-0.2, -0.15) is 0 Å². The van der Waals surface area contributed by atoms with Crippen molar-refractivity contribution >= 4 is 75.8 Å². The molecule has 0 aliphatic rings. The lowest BCUT2D eigenvalue weighted by Crippen LogP contribution is -2.24. The number of hydrogen-bond acceptors (Lipinski definition) is 6. The Morgan fingerprint density at radius 1 is 0.920 bits per heavy atom. The molecule has 0 aliphatic heterocycles. The first-order chi connectivity index (χ1) is 23.5. The summed E-state index contributed by atoms with van der Waals surface area (Å²) in [6, 6.07) is 15.2. The van der Waals surface area contributed by atoms with Crippen LogP contribution in [0.4, 0.5) is 11.5 Å². The smallest absolute Gasteiger partial charge is 0.287 e. The van der Waals surface area contributed by atoms with Gasteiger partial charge in [-0.1, -0.05) is 94.5 Å². The van der Waals surface area contributed by atoms with E-state index in [2.05, 4.69) is 63.3 Å². The van der Waals surface area contributed by atoms with Crippen molar-refractivity contribution in [2.45, 2.75) is 70.1 Å². The molecule has 0 atom stereocenters. The number of nitrogens with one attached hydrogen (secondary N) is 3. The highest BCUT2D eigenvalue weighted by Gasteiger charge is 2.27. The summed E-state index contributed by atoms with van der Waals surface area (Å²) in [5.74, 6) is -1.30. The zero-order valence-corrected chi connectivity index (χ0v) is 31.7. The highest BCUT2D eigenvalue weighted by atomic mass is 35.5. The van der Waals surface area contributed by atoms with Gasteiger partial charge in [0.2, 0.25) is 5.91 Å². The predicted molar refractivity (Wildman–Crippen MR) is 203 cm³/mol. The molecule has 0 fully saturated rings. The molecular weight excluding hydrogens is 721 g/mol. The van der Waals surface area contributed by atoms with Gasteiger partial charge < -0.3 is 21.1 Å². The van der Waals surface area contributed by atoms with E-state index in [0.717, 1.165) is 34.8 Å². The molecule has 5 N–H and O–H groups in total. The number of aromatic amines is 1. The van der Waals surface area contributed by atoms with E-state index in [0.29, 0.717) is 11.4 Å². The summed E-state index contributed by atoms with van der Waals surface area (Å²) in [5, 5.41) is 8.66. The first-order valence-corrected chi connectivity index (χ1v) is 18.0. The lowest BCUT2D eigenvalue weighted by atomic mass is 9.76. The van der Waals surface area contributed by atoms with Crippen LogP contribution in [0.2, 0.25) is 15.1 Å². The molecular formula is C36H40Cl3N5O5S. The third kappa shape index (κ3) is 9.06. The predicted octanol–water partition coefficient (Wildman–Crippen LogP) is 8.35. The Bertz CT molecular complexity index is 1970. The number of benzene rings is 3. The second kappa shape index (κ2) is 16.0. The van der Waals surface area contributed by atoms with Crippen molar-refractivity contribution in [1.82, 2.24) is 9.78 Å². The molecule has 0 saturated carbocycles. The fourth-order valence-corrected chi connectivity index (χ4v) is 6.68. The maximum Gasteiger partial charge on any atom is 0.287 e. The molecule has 50 heavy (non-hydrogen) atoms. The van der Waals surface area contributed by atoms with Gasteiger partial charge in [-0.15, -0.1) is 11.8 Å². The molecule has 14 heteroatoms. The molecule has 10 nitrogen and oxygen atoms in total. The van der Waals surface area contributed by atoms with Crippen LogP contribution in [0.25, 0.3) is 5.69 Å². The zero-order chi connectivity index (χ0) is 37.0. The van der Waals surface area contributed by atoms with E-state index < -0.39 is 23.3 Å². The SMILES string of the molecule is CCC(C)(C)c1ccc(OCC(=O)Nc2cccc(C(=O)Nc3[nH]n(-c4c(Cl)cc(Cl)cc4Cl)c(=O)c3SCC(N)=O)c2)c(C(C)(C)CC)c1. The van der Waals surface area contributed by atoms with Crippen molar-refractivity contribution in [2.75, 3.05) is 23.0 Å². The minimum Gasteiger partial charge on any atom is -0.483 e. The molecule has 3 amide bonds. The fourth-order valence-electron chi connectivity index (χ4n) is 4.95. The average molecular weight is 761 g/mol. The second-order valence-corrected chi connectivity index (χ2v) is 15.2. The zero-order valence-electron chi connectivity index (χ0n) is 28.6. The monoisotopic (exact) mass is 759 g/mol. The Morgan fingerprint density at radius 3 is 2.20 bits per heavy atom. The standard InChI is InChI=1S/C36H40Cl3N5O5S/c1-7-35(3,4)21-12-13-27(24(15-21)36(5,6)8-2)49-18-29(46)41-23-11-9-10-20(14-23)33(47)42-32-31(50-19-28(40)45)34(48)44(43-32)30-25(38)16-22(37)17-26(30)39/h9-17,43H,7-8,18-19H2,1-6H3,(H2,40,45)(H,41,46)(H,42,47). The fraction of sp³-hybridized carbons (Fsp3) is 0.333. The van der Waals surface area contributed by atoms with Gasteiger partial charge in [0.25, 0.3) is 17.4 Å². The van der Waals surface area contributed by atoms with Crippen LogP contribution in [-0.4, -0.2) is 39.9 Å². The normalized spacial score (nSPS) is 11.7. The summed E-state index contributed by atoms with van der Waals surface area (Å²) in [5.41, 5.74) is 7.37. The number of nitrogens with zero attached hydrogens (tertiary/aromatic N) is 1. The number of ether oxygens (including phenoxy) is 1. The minimum absolute atomic E-state index is 0.00208. The number of amides is 3. The van der Waals surface area contributed by atoms with E-state index >= 15 is 0 Å². The number of nitrogens with two attached hydrogens (primary N) is 1. The van der Waals surface area contributed by atoms with Gasteiger partial charge >= 0.3 is 0 Å². The van der Waals surface area contributed by atoms with Gasteiger partial charge in [0.05, 0.1) is 15.8 Å². The van der Waals surface area contributed by atoms with E-state index in [1.54, 1.807) is 12.1 Å². The lowest BCUT2D eigenvalue weighted by molar-refractivity contribution is -0.118. The van der Waals surface area contributed by atoms with E-state index in [9.17, 15) is 19.2 Å². The van der Waals surface area contributed by atoms with Gasteiger partial charge in [0.1, 0.15) is 22.2 Å². The maximum absolute atomic E-state index is 13.4. The first kappa shape index (κ1) is 38.9. The highest BCUT2D eigenvalue weighted by molar-refractivity contribution is 8.00. The van der Waals surface area contributed by atoms with Gasteiger partial charge in [0.15, 0.2) is 6.61 Å². The van der Waals surface area contributed by atoms with Crippen LogP contribution >= 0.6 is 46.6 Å². The molecule has 3 aromatic carbocycles. The van der Waals surface area contributed by atoms with E-state index in [1.807, 2.05) is 12.1 Å². The third-order valence-electron chi connectivity index (χ3n) is 8.68. The van der Waals surface area contributed by atoms with Crippen LogP contribution in [-0.2, 0) is 20.4 Å². The molecule has 1 heterocycles. The lowest BCUT2D eigenvalue weighted by Gasteiger charge is -2.30. The number of H-pyrrole nitrogens is 1. The van der Waals surface area contributed by atoms with Crippen LogP contribution in [0.1, 0.15) is 75.9 Å². The number of halogens is 3. The van der Waals surface area contributed by atoms with Crippen molar-refractivity contribution in [1.29, 1.82) is 0 Å². The van der Waals surface area contributed by atoms with Gasteiger partial charge in [-0.25, -0.2) is 4.68 Å². The topological polar surface area (TPSA) is 148 Å². The molecule has 266 valence electrons. The Kier molecular flexibility index (Phi) is 12.4. The van der Waals surface area contributed by atoms with Gasteiger partial charge in [-0.05, 0) is 65.6 Å². The Morgan fingerprint density at radius 2 is 1.58 bits per heavy atom. The summed E-state index contributed by atoms with van der Waals surface area (Å²) >= 11 is 19.6. The molecule has 0 bridgehead atoms. The summed E-state index contributed by atoms with van der Waals surface area (Å²) < 4.78 is 7.10. The van der Waals surface area contributed by atoms with Crippen LogP contribution in [0.15, 0.2) is 64.3 Å². The molecule has 0 radical (unpaired) electrons. The van der Waals surface area contributed by atoms with E-state index in [1.165, 1.54) is 29.8 Å². The third-order valence-corrected chi connectivity index (χ3v) is 10.6. The average Bonchev–Trinajstić information content (AvgIpc) is 3.35. The molecule has 4 rings (SSSR count). The molecule has 4 aromatic rings. The number of anilines is 2. The summed E-state index contributed by atoms with van der Waals surface area (Å²) in [4.78, 5) is 51.4. The number of rotatable bonds is 14. The Balaban J connectivity index is 1.53. The number of primary amides is 1. The number of carbonyl (C=O) groups excluding carboxylic acids is 3. The number of hydrogen-bond donors (Lipinski definition) is 4. The highest BCUT2D eigenvalue weighted by Crippen LogP contribution is 2.39. The van der Waals surface area contributed by atoms with E-state index in [4.69, 9.17) is 45.3 Å². The molecule has 0 aliphatic carbocycles. The molecule has 0 unspecified atom stereocenters. The quantitative estimate of drug-likeness (QED) is 0.0950. The van der Waals surface area contributed by atoms with Crippen molar-refractivity contribution in [2.24, 2.45) is 5.73 Å². The van der Waals surface area contributed by atoms with E-state index in [-0.39, 0.29) is 60.2 Å². The van der Waals surface area contributed by atoms with Crippen molar-refractivity contribution < 1.29 is 19.1 Å². The van der Waals surface area contributed by atoms with Crippen LogP contribution in [0.3, 0.4) is 0 Å². The van der Waals surface area contributed by atoms with Crippen LogP contribution in [0, 0.1) is 0 Å². The summed E-state index contributed by atoms with van der Waals surface area (Å²) in [6.45, 7) is 12.8. The second-order valence-electron chi connectivity index (χ2n) is 13.0. The van der Waals surface area contributed by atoms with Crippen molar-refractivity contribution in [3.05, 3.63) is 96.7 Å². The molecule has 1 aromatic heterocycles. The van der Waals surface area contributed by atoms with Crippen molar-refractivity contribution in [3.8, 4) is 11.4 Å². The Labute approximate surface area is 310 Å². The molecule has 0 saturated heterocycles. The first-order valence-electron chi connectivity index (χ1n) is 15.9. The van der Waals surface area contributed by atoms with Gasteiger partial charge in [0, 0.05) is 21.8 Å². The molecule has 0 spiro atoms. The summed E-state index contributed by atoms with van der Waals surface area (Å²) in [7, 11) is 0. The largest absolute Gasteiger partial charge is 0.483 e. The maximum atomic E-state index is 13.4. The van der Waals surface area contributed by atoms with Crippen LogP contribution < -0.4 is 26.7 Å². The van der Waals surface area contributed by atoms with Gasteiger partial charge in [-0.3, -0.25) is 24.3 Å². The number of thioether (sulfide) groups is 1. The minimum atomic E-state index is -0.669. The van der Waals surface area contributed by atoms with Crippen molar-refractivity contribution in [3.63, 3.8) is 0 Å². The van der Waals surface area contributed by atoms with Crippen LogP contribution in [0.5, 0.6) is 5.75 Å². The number of carbonyl (C=O) groups is 3. The summed E-state index contributed by atoms with van der Waals surface area (Å²) in [6.07, 6.45) is 1.86. The Hall–Kier alpha value is -3.90.